The van der Waals surface area contributed by atoms with Crippen molar-refractivity contribution in [3.05, 3.63) is 57.4 Å². The van der Waals surface area contributed by atoms with Crippen LogP contribution in [0.2, 0.25) is 5.02 Å². The number of nitrogens with one attached hydrogen (secondary N) is 1. The summed E-state index contributed by atoms with van der Waals surface area (Å²) in [5.74, 6) is -0.688. The second-order valence-corrected chi connectivity index (χ2v) is 4.77. The molecule has 0 unspecified atom stereocenters. The van der Waals surface area contributed by atoms with Crippen molar-refractivity contribution in [2.75, 3.05) is 5.32 Å². The van der Waals surface area contributed by atoms with Crippen LogP contribution in [0.3, 0.4) is 0 Å². The average Bonchev–Trinajstić information content (AvgIpc) is 2.35. The lowest BCUT2D eigenvalue weighted by atomic mass is 10.2. The van der Waals surface area contributed by atoms with Crippen molar-refractivity contribution in [2.24, 2.45) is 0 Å². The van der Waals surface area contributed by atoms with Crippen molar-refractivity contribution in [3.63, 3.8) is 0 Å². The molecule has 1 amide bonds. The normalized spacial score (nSPS) is 10.2. The quantitative estimate of drug-likeness (QED) is 0.908. The molecule has 0 fully saturated rings. The van der Waals surface area contributed by atoms with Gasteiger partial charge in [0.25, 0.3) is 5.91 Å². The van der Waals surface area contributed by atoms with Crippen LogP contribution in [0, 0.1) is 5.82 Å². The Kier molecular flexibility index (Phi) is 3.93. The Morgan fingerprint density at radius 2 is 2.11 bits per heavy atom. The molecule has 0 saturated carbocycles. The monoisotopic (exact) mass is 328 g/mol. The van der Waals surface area contributed by atoms with Crippen molar-refractivity contribution in [3.8, 4) is 0 Å². The summed E-state index contributed by atoms with van der Waals surface area (Å²) in [7, 11) is 0. The summed E-state index contributed by atoms with van der Waals surface area (Å²) in [5, 5.41) is 2.53. The molecule has 2 aromatic rings. The van der Waals surface area contributed by atoms with Gasteiger partial charge in [-0.05, 0) is 46.3 Å². The van der Waals surface area contributed by atoms with Crippen LogP contribution in [0.25, 0.3) is 0 Å². The summed E-state index contributed by atoms with van der Waals surface area (Å²) in [6.45, 7) is 0. The molecule has 3 nitrogen and oxygen atoms in total. The molecule has 0 aliphatic heterocycles. The van der Waals surface area contributed by atoms with Crippen LogP contribution in [0.5, 0.6) is 0 Å². The first-order valence-corrected chi connectivity index (χ1v) is 6.11. The number of halogens is 3. The summed E-state index contributed by atoms with van der Waals surface area (Å²) in [6, 6.07) is 7.23. The molecule has 1 heterocycles. The summed E-state index contributed by atoms with van der Waals surface area (Å²) in [6.07, 6.45) is 1.55. The molecule has 1 aromatic carbocycles. The maximum atomic E-state index is 13.2. The van der Waals surface area contributed by atoms with Crippen LogP contribution in [-0.4, -0.2) is 10.9 Å². The van der Waals surface area contributed by atoms with E-state index in [4.69, 9.17) is 11.6 Å². The number of benzene rings is 1. The van der Waals surface area contributed by atoms with Gasteiger partial charge in [-0.25, -0.2) is 9.37 Å². The number of aromatic nitrogens is 1. The SMILES string of the molecule is O=C(Nc1ccc(Br)cn1)c1ccc(Cl)c(F)c1. The van der Waals surface area contributed by atoms with Gasteiger partial charge in [-0.2, -0.15) is 0 Å². The fourth-order valence-electron chi connectivity index (χ4n) is 1.28. The molecule has 2 rings (SSSR count). The van der Waals surface area contributed by atoms with E-state index >= 15 is 0 Å². The standard InChI is InChI=1S/C12H7BrClFN2O/c13-8-2-4-11(16-6-8)17-12(18)7-1-3-9(14)10(15)5-7/h1-6H,(H,16,17,18). The van der Waals surface area contributed by atoms with E-state index in [1.165, 1.54) is 12.1 Å². The zero-order valence-electron chi connectivity index (χ0n) is 8.95. The number of carbonyl (C=O) groups is 1. The third-order valence-electron chi connectivity index (χ3n) is 2.15. The number of pyridine rings is 1. The van der Waals surface area contributed by atoms with Crippen LogP contribution in [-0.2, 0) is 0 Å². The Labute approximate surface area is 116 Å². The van der Waals surface area contributed by atoms with Gasteiger partial charge in [0.1, 0.15) is 11.6 Å². The molecule has 0 radical (unpaired) electrons. The van der Waals surface area contributed by atoms with Gasteiger partial charge in [-0.15, -0.1) is 0 Å². The third-order valence-corrected chi connectivity index (χ3v) is 2.93. The Morgan fingerprint density at radius 1 is 1.33 bits per heavy atom. The van der Waals surface area contributed by atoms with Gasteiger partial charge >= 0.3 is 0 Å². The summed E-state index contributed by atoms with van der Waals surface area (Å²) < 4.78 is 14.0. The number of nitrogens with zero attached hydrogens (tertiary/aromatic N) is 1. The van der Waals surface area contributed by atoms with Gasteiger partial charge in [-0.1, -0.05) is 11.6 Å². The molecule has 18 heavy (non-hydrogen) atoms. The van der Waals surface area contributed by atoms with Gasteiger partial charge < -0.3 is 5.32 Å². The number of anilines is 1. The highest BCUT2D eigenvalue weighted by Crippen LogP contribution is 2.17. The molecular weight excluding hydrogens is 322 g/mol. The predicted octanol–water partition coefficient (Wildman–Crippen LogP) is 3.89. The van der Waals surface area contributed by atoms with E-state index in [9.17, 15) is 9.18 Å². The van der Waals surface area contributed by atoms with Gasteiger partial charge in [0.05, 0.1) is 5.02 Å². The van der Waals surface area contributed by atoms with Crippen molar-refractivity contribution < 1.29 is 9.18 Å². The Balaban J connectivity index is 2.16. The molecule has 6 heteroatoms. The second-order valence-electron chi connectivity index (χ2n) is 3.44. The highest BCUT2D eigenvalue weighted by atomic mass is 79.9. The van der Waals surface area contributed by atoms with E-state index in [1.807, 2.05) is 0 Å². The molecular formula is C12H7BrClFN2O. The van der Waals surface area contributed by atoms with E-state index in [2.05, 4.69) is 26.2 Å². The minimum Gasteiger partial charge on any atom is -0.307 e. The van der Waals surface area contributed by atoms with Crippen molar-refractivity contribution >= 4 is 39.3 Å². The lowest BCUT2D eigenvalue weighted by Crippen LogP contribution is -2.13. The largest absolute Gasteiger partial charge is 0.307 e. The molecule has 0 bridgehead atoms. The summed E-state index contributed by atoms with van der Waals surface area (Å²) in [4.78, 5) is 15.8. The topological polar surface area (TPSA) is 42.0 Å². The third kappa shape index (κ3) is 3.05. The number of carbonyl (C=O) groups excluding carboxylic acids is 1. The molecule has 0 atom stereocenters. The Hall–Kier alpha value is -1.46. The fourth-order valence-corrected chi connectivity index (χ4v) is 1.63. The lowest BCUT2D eigenvalue weighted by molar-refractivity contribution is 0.102. The van der Waals surface area contributed by atoms with Crippen LogP contribution >= 0.6 is 27.5 Å². The zero-order chi connectivity index (χ0) is 13.1. The smallest absolute Gasteiger partial charge is 0.256 e. The van der Waals surface area contributed by atoms with Gasteiger partial charge in [0.2, 0.25) is 0 Å². The predicted molar refractivity (Wildman–Crippen MR) is 71.3 cm³/mol. The Bertz CT molecular complexity index is 589. The average molecular weight is 330 g/mol. The molecule has 0 aliphatic carbocycles. The summed E-state index contributed by atoms with van der Waals surface area (Å²) >= 11 is 8.77. The molecule has 1 aromatic heterocycles. The lowest BCUT2D eigenvalue weighted by Gasteiger charge is -2.05. The first kappa shape index (κ1) is 13.0. The molecule has 0 aliphatic rings. The number of rotatable bonds is 2. The maximum absolute atomic E-state index is 13.2. The van der Waals surface area contributed by atoms with Crippen LogP contribution in [0.1, 0.15) is 10.4 Å². The van der Waals surface area contributed by atoms with Crippen LogP contribution < -0.4 is 5.32 Å². The van der Waals surface area contributed by atoms with Gasteiger partial charge in [-0.3, -0.25) is 4.79 Å². The van der Waals surface area contributed by atoms with E-state index < -0.39 is 11.7 Å². The van der Waals surface area contributed by atoms with Gasteiger partial charge in [0.15, 0.2) is 0 Å². The maximum Gasteiger partial charge on any atom is 0.256 e. The molecule has 0 saturated heterocycles. The fraction of sp³-hybridized carbons (Fsp3) is 0. The first-order chi connectivity index (χ1) is 8.56. The number of hydrogen-bond donors (Lipinski definition) is 1. The van der Waals surface area contributed by atoms with E-state index in [-0.39, 0.29) is 10.6 Å². The molecule has 1 N–H and O–H groups in total. The van der Waals surface area contributed by atoms with E-state index in [0.29, 0.717) is 5.82 Å². The minimum atomic E-state index is -0.631. The minimum absolute atomic E-state index is 0.0201. The van der Waals surface area contributed by atoms with Crippen LogP contribution in [0.4, 0.5) is 10.2 Å². The number of amides is 1. The molecule has 92 valence electrons. The van der Waals surface area contributed by atoms with Crippen molar-refractivity contribution in [1.29, 1.82) is 0 Å². The highest BCUT2D eigenvalue weighted by molar-refractivity contribution is 9.10. The highest BCUT2D eigenvalue weighted by Gasteiger charge is 2.09. The zero-order valence-corrected chi connectivity index (χ0v) is 11.3. The molecule has 0 spiro atoms. The number of hydrogen-bond acceptors (Lipinski definition) is 2. The first-order valence-electron chi connectivity index (χ1n) is 4.94. The van der Waals surface area contributed by atoms with Crippen molar-refractivity contribution in [1.82, 2.24) is 4.98 Å². The van der Waals surface area contributed by atoms with Gasteiger partial charge in [0, 0.05) is 16.2 Å². The summed E-state index contributed by atoms with van der Waals surface area (Å²) in [5.41, 5.74) is 0.182. The van der Waals surface area contributed by atoms with Crippen LogP contribution in [0.15, 0.2) is 41.0 Å². The van der Waals surface area contributed by atoms with E-state index in [0.717, 1.165) is 10.5 Å². The van der Waals surface area contributed by atoms with E-state index in [1.54, 1.807) is 18.3 Å². The Morgan fingerprint density at radius 3 is 2.72 bits per heavy atom. The second kappa shape index (κ2) is 5.46. The van der Waals surface area contributed by atoms with Crippen molar-refractivity contribution in [2.45, 2.75) is 0 Å².